The van der Waals surface area contributed by atoms with Gasteiger partial charge >= 0.3 is 0 Å². The minimum Gasteiger partial charge on any atom is -0.384 e. The molecule has 1 amide bonds. The summed E-state index contributed by atoms with van der Waals surface area (Å²) in [6.07, 6.45) is 1.82. The van der Waals surface area contributed by atoms with Crippen molar-refractivity contribution in [3.63, 3.8) is 0 Å². The summed E-state index contributed by atoms with van der Waals surface area (Å²) in [6, 6.07) is 3.42. The van der Waals surface area contributed by atoms with Gasteiger partial charge in [0.25, 0.3) is 5.91 Å². The molecule has 0 aliphatic heterocycles. The molecule has 0 saturated heterocycles. The molecule has 20 heavy (non-hydrogen) atoms. The molecule has 0 atom stereocenters. The maximum absolute atomic E-state index is 12.7. The zero-order valence-corrected chi connectivity index (χ0v) is 13.4. The van der Waals surface area contributed by atoms with Gasteiger partial charge in [-0.25, -0.2) is 4.98 Å². The van der Waals surface area contributed by atoms with Gasteiger partial charge in [0.2, 0.25) is 0 Å². The van der Waals surface area contributed by atoms with Crippen LogP contribution in [0.4, 0.5) is 5.82 Å². The Morgan fingerprint density at radius 3 is 2.45 bits per heavy atom. The van der Waals surface area contributed by atoms with Crippen LogP contribution < -0.4 is 5.73 Å². The lowest BCUT2D eigenvalue weighted by Crippen LogP contribution is -2.42. The first-order valence-electron chi connectivity index (χ1n) is 7.13. The molecular weight excluding hydrogens is 274 g/mol. The first kappa shape index (κ1) is 16.8. The van der Waals surface area contributed by atoms with Crippen LogP contribution in [0, 0.1) is 5.92 Å². The number of aromatic nitrogens is 1. The molecular formula is C15H24ClN3O. The predicted octanol–water partition coefficient (Wildman–Crippen LogP) is 3.60. The van der Waals surface area contributed by atoms with E-state index >= 15 is 0 Å². The number of halogens is 1. The number of anilines is 1. The van der Waals surface area contributed by atoms with Crippen molar-refractivity contribution in [2.75, 3.05) is 12.3 Å². The number of nitrogens with zero attached hydrogens (tertiary/aromatic N) is 2. The lowest BCUT2D eigenvalue weighted by molar-refractivity contribution is 0.0634. The minimum atomic E-state index is -0.135. The molecule has 0 aliphatic carbocycles. The molecule has 4 nitrogen and oxygen atoms in total. The van der Waals surface area contributed by atoms with Crippen molar-refractivity contribution in [3.05, 3.63) is 22.8 Å². The van der Waals surface area contributed by atoms with Crippen molar-refractivity contribution in [1.82, 2.24) is 9.88 Å². The molecule has 0 radical (unpaired) electrons. The van der Waals surface area contributed by atoms with E-state index in [0.29, 0.717) is 23.3 Å². The van der Waals surface area contributed by atoms with Crippen LogP contribution >= 0.6 is 11.6 Å². The highest BCUT2D eigenvalue weighted by molar-refractivity contribution is 6.33. The van der Waals surface area contributed by atoms with Gasteiger partial charge in [-0.05, 0) is 30.9 Å². The smallest absolute Gasteiger partial charge is 0.274 e. The van der Waals surface area contributed by atoms with Crippen LogP contribution in [0.3, 0.4) is 0 Å². The van der Waals surface area contributed by atoms with Gasteiger partial charge in [-0.1, -0.05) is 39.3 Å². The van der Waals surface area contributed by atoms with Gasteiger partial charge in [0, 0.05) is 12.6 Å². The number of hydrogen-bond acceptors (Lipinski definition) is 3. The van der Waals surface area contributed by atoms with E-state index in [-0.39, 0.29) is 17.6 Å². The van der Waals surface area contributed by atoms with Gasteiger partial charge in [0.15, 0.2) is 0 Å². The van der Waals surface area contributed by atoms with Crippen molar-refractivity contribution >= 4 is 23.3 Å². The van der Waals surface area contributed by atoms with Gasteiger partial charge in [-0.15, -0.1) is 0 Å². The van der Waals surface area contributed by atoms with Crippen LogP contribution in [-0.4, -0.2) is 28.4 Å². The van der Waals surface area contributed by atoms with E-state index in [9.17, 15) is 4.79 Å². The highest BCUT2D eigenvalue weighted by Gasteiger charge is 2.26. The van der Waals surface area contributed by atoms with Crippen LogP contribution in [0.15, 0.2) is 12.1 Å². The molecule has 2 N–H and O–H groups in total. The van der Waals surface area contributed by atoms with Gasteiger partial charge in [-0.2, -0.15) is 0 Å². The Bertz CT molecular complexity index is 458. The number of carbonyl (C=O) groups excluding carboxylic acids is 1. The number of nitrogen functional groups attached to an aromatic ring is 1. The summed E-state index contributed by atoms with van der Waals surface area (Å²) in [4.78, 5) is 18.7. The third-order valence-corrected chi connectivity index (χ3v) is 3.58. The maximum atomic E-state index is 12.7. The number of pyridine rings is 1. The summed E-state index contributed by atoms with van der Waals surface area (Å²) in [5.41, 5.74) is 5.92. The van der Waals surface area contributed by atoms with Gasteiger partial charge in [0.1, 0.15) is 11.5 Å². The largest absolute Gasteiger partial charge is 0.384 e. The van der Waals surface area contributed by atoms with Crippen molar-refractivity contribution in [3.8, 4) is 0 Å². The van der Waals surface area contributed by atoms with E-state index in [1.54, 1.807) is 12.1 Å². The van der Waals surface area contributed by atoms with Crippen LogP contribution in [0.1, 0.15) is 51.0 Å². The molecule has 0 aliphatic rings. The molecule has 1 aromatic rings. The fourth-order valence-electron chi connectivity index (χ4n) is 2.26. The molecule has 0 spiro atoms. The average Bonchev–Trinajstić information content (AvgIpc) is 2.40. The standard InChI is InChI=1S/C15H24ClN3O/c1-5-11(6-2)19(9-10(3)4)15(20)14-12(16)7-8-13(17)18-14/h7-8,10-11H,5-6,9H2,1-4H3,(H2,17,18). The first-order chi connectivity index (χ1) is 9.40. The molecule has 5 heteroatoms. The van der Waals surface area contributed by atoms with Crippen molar-refractivity contribution < 1.29 is 4.79 Å². The molecule has 1 aromatic heterocycles. The van der Waals surface area contributed by atoms with E-state index in [4.69, 9.17) is 17.3 Å². The highest BCUT2D eigenvalue weighted by Crippen LogP contribution is 2.21. The molecule has 0 fully saturated rings. The number of amides is 1. The summed E-state index contributed by atoms with van der Waals surface area (Å²) in [5.74, 6) is 0.566. The second-order valence-corrected chi connectivity index (χ2v) is 5.80. The van der Waals surface area contributed by atoms with Gasteiger partial charge in [-0.3, -0.25) is 4.79 Å². The Labute approximate surface area is 126 Å². The molecule has 112 valence electrons. The van der Waals surface area contributed by atoms with E-state index in [1.165, 1.54) is 0 Å². The van der Waals surface area contributed by atoms with Gasteiger partial charge < -0.3 is 10.6 Å². The molecule has 1 heterocycles. The monoisotopic (exact) mass is 297 g/mol. The Hall–Kier alpha value is -1.29. The van der Waals surface area contributed by atoms with Crippen LogP contribution in [0.5, 0.6) is 0 Å². The zero-order valence-electron chi connectivity index (χ0n) is 12.7. The number of nitrogens with two attached hydrogens (primary N) is 1. The Balaban J connectivity index is 3.12. The van der Waals surface area contributed by atoms with E-state index in [1.807, 2.05) is 4.90 Å². The first-order valence-corrected chi connectivity index (χ1v) is 7.51. The lowest BCUT2D eigenvalue weighted by atomic mass is 10.1. The molecule has 0 unspecified atom stereocenters. The normalized spacial score (nSPS) is 11.2. The number of hydrogen-bond donors (Lipinski definition) is 1. The maximum Gasteiger partial charge on any atom is 0.274 e. The topological polar surface area (TPSA) is 59.2 Å². The van der Waals surface area contributed by atoms with Crippen molar-refractivity contribution in [1.29, 1.82) is 0 Å². The second-order valence-electron chi connectivity index (χ2n) is 5.39. The van der Waals surface area contributed by atoms with E-state index < -0.39 is 0 Å². The second kappa shape index (κ2) is 7.48. The molecule has 0 bridgehead atoms. The summed E-state index contributed by atoms with van der Waals surface area (Å²) >= 11 is 6.10. The Morgan fingerprint density at radius 1 is 1.35 bits per heavy atom. The summed E-state index contributed by atoms with van der Waals surface area (Å²) in [7, 11) is 0. The minimum absolute atomic E-state index is 0.135. The zero-order chi connectivity index (χ0) is 15.3. The lowest BCUT2D eigenvalue weighted by Gasteiger charge is -2.32. The molecule has 0 saturated carbocycles. The van der Waals surface area contributed by atoms with Crippen LogP contribution in [0.25, 0.3) is 0 Å². The van der Waals surface area contributed by atoms with E-state index in [2.05, 4.69) is 32.7 Å². The van der Waals surface area contributed by atoms with Gasteiger partial charge in [0.05, 0.1) is 5.02 Å². The Kier molecular flexibility index (Phi) is 6.27. The summed E-state index contributed by atoms with van der Waals surface area (Å²) < 4.78 is 0. The SMILES string of the molecule is CCC(CC)N(CC(C)C)C(=O)c1nc(N)ccc1Cl. The summed E-state index contributed by atoms with van der Waals surface area (Å²) in [5, 5.41) is 0.351. The number of rotatable bonds is 6. The van der Waals surface area contributed by atoms with Crippen molar-refractivity contribution in [2.24, 2.45) is 5.92 Å². The van der Waals surface area contributed by atoms with E-state index in [0.717, 1.165) is 12.8 Å². The summed E-state index contributed by atoms with van der Waals surface area (Å²) in [6.45, 7) is 9.05. The number of carbonyl (C=O) groups is 1. The van der Waals surface area contributed by atoms with Crippen LogP contribution in [-0.2, 0) is 0 Å². The molecule has 0 aromatic carbocycles. The molecule has 1 rings (SSSR count). The fraction of sp³-hybridized carbons (Fsp3) is 0.600. The van der Waals surface area contributed by atoms with Crippen molar-refractivity contribution in [2.45, 2.75) is 46.6 Å². The third kappa shape index (κ3) is 4.10. The Morgan fingerprint density at radius 2 is 1.95 bits per heavy atom. The average molecular weight is 298 g/mol. The quantitative estimate of drug-likeness (QED) is 0.872. The predicted molar refractivity (Wildman–Crippen MR) is 83.9 cm³/mol. The van der Waals surface area contributed by atoms with Crippen LogP contribution in [0.2, 0.25) is 5.02 Å². The third-order valence-electron chi connectivity index (χ3n) is 3.28. The highest BCUT2D eigenvalue weighted by atomic mass is 35.5. The fourth-order valence-corrected chi connectivity index (χ4v) is 2.45.